The monoisotopic (exact) mass is 357 g/mol. The topological polar surface area (TPSA) is 111 Å². The van der Waals surface area contributed by atoms with Crippen molar-refractivity contribution >= 4 is 17.6 Å². The Morgan fingerprint density at radius 3 is 2.81 bits per heavy atom. The molecule has 1 heterocycles. The van der Waals surface area contributed by atoms with Crippen LogP contribution in [0.1, 0.15) is 5.69 Å². The van der Waals surface area contributed by atoms with Crippen LogP contribution in [-0.2, 0) is 0 Å². The van der Waals surface area contributed by atoms with E-state index in [1.165, 1.54) is 49.7 Å². The number of methoxy groups -OCH3 is 1. The maximum absolute atomic E-state index is 13.8. The number of rotatable bonds is 5. The maximum Gasteiger partial charge on any atom is 0.312 e. The van der Waals surface area contributed by atoms with Gasteiger partial charge in [-0.2, -0.15) is 0 Å². The summed E-state index contributed by atoms with van der Waals surface area (Å²) in [5, 5.41) is 20.6. The van der Waals surface area contributed by atoms with E-state index in [1.54, 1.807) is 6.07 Å². The first kappa shape index (κ1) is 17.1. The third kappa shape index (κ3) is 3.36. The van der Waals surface area contributed by atoms with Gasteiger partial charge in [0.15, 0.2) is 11.4 Å². The summed E-state index contributed by atoms with van der Waals surface area (Å²) in [6.45, 7) is 0. The second kappa shape index (κ2) is 7.01. The molecule has 0 unspecified atom stereocenters. The highest BCUT2D eigenvalue weighted by Crippen LogP contribution is 2.32. The van der Waals surface area contributed by atoms with Gasteiger partial charge >= 0.3 is 5.95 Å². The molecule has 0 fully saturated rings. The highest BCUT2D eigenvalue weighted by Gasteiger charge is 2.16. The largest absolute Gasteiger partial charge is 0.494 e. The molecule has 3 rings (SSSR count). The Hall–Kier alpha value is -3.75. The number of hydrogen-bond acceptors (Lipinski definition) is 7. The Balaban J connectivity index is 1.92. The minimum Gasteiger partial charge on any atom is -0.494 e. The quantitative estimate of drug-likeness (QED) is 0.422. The van der Waals surface area contributed by atoms with Gasteiger partial charge in [0.2, 0.25) is 5.89 Å². The molecule has 0 atom stereocenters. The van der Waals surface area contributed by atoms with Gasteiger partial charge in [0.25, 0.3) is 5.69 Å². The van der Waals surface area contributed by atoms with Gasteiger partial charge in [0, 0.05) is 6.07 Å². The number of benzene rings is 2. The molecule has 9 heteroatoms. The van der Waals surface area contributed by atoms with Crippen molar-refractivity contribution in [3.8, 4) is 23.1 Å². The summed E-state index contributed by atoms with van der Waals surface area (Å²) in [4.78, 5) is 18.3. The van der Waals surface area contributed by atoms with Gasteiger partial charge in [-0.3, -0.25) is 15.1 Å². The molecule has 0 radical (unpaired) electrons. The van der Waals surface area contributed by atoms with E-state index in [4.69, 9.17) is 9.15 Å². The number of oxazole rings is 1. The molecule has 0 saturated carbocycles. The zero-order valence-electron chi connectivity index (χ0n) is 13.4. The smallest absolute Gasteiger partial charge is 0.312 e. The minimum atomic E-state index is -0.555. The SMILES string of the molecule is COc1cc([N+](=O)[O-])ccc1N=Cc1nc(-c2ccccc2F)oc1O. The lowest BCUT2D eigenvalue weighted by molar-refractivity contribution is -0.384. The zero-order valence-corrected chi connectivity index (χ0v) is 13.4. The number of nitro benzene ring substituents is 1. The van der Waals surface area contributed by atoms with Gasteiger partial charge in [0.1, 0.15) is 11.5 Å². The number of ether oxygens (including phenoxy) is 1. The van der Waals surface area contributed by atoms with Crippen LogP contribution in [0, 0.1) is 15.9 Å². The summed E-state index contributed by atoms with van der Waals surface area (Å²) >= 11 is 0. The van der Waals surface area contributed by atoms with Crippen LogP contribution in [0.2, 0.25) is 0 Å². The lowest BCUT2D eigenvalue weighted by Crippen LogP contribution is -1.90. The Morgan fingerprint density at radius 1 is 1.35 bits per heavy atom. The average Bonchev–Trinajstić information content (AvgIpc) is 3.00. The lowest BCUT2D eigenvalue weighted by atomic mass is 10.2. The molecule has 0 bridgehead atoms. The molecule has 8 nitrogen and oxygen atoms in total. The average molecular weight is 357 g/mol. The fourth-order valence-corrected chi connectivity index (χ4v) is 2.18. The summed E-state index contributed by atoms with van der Waals surface area (Å²) in [6.07, 6.45) is 1.19. The normalized spacial score (nSPS) is 11.0. The van der Waals surface area contributed by atoms with E-state index in [2.05, 4.69) is 9.98 Å². The summed E-state index contributed by atoms with van der Waals surface area (Å²) in [7, 11) is 1.35. The third-order valence-electron chi connectivity index (χ3n) is 3.44. The number of non-ortho nitro benzene ring substituents is 1. The first-order chi connectivity index (χ1) is 12.5. The van der Waals surface area contributed by atoms with E-state index in [0.29, 0.717) is 0 Å². The van der Waals surface area contributed by atoms with Crippen molar-refractivity contribution in [3.63, 3.8) is 0 Å². The molecule has 0 saturated heterocycles. The summed E-state index contributed by atoms with van der Waals surface area (Å²) in [5.41, 5.74) is 0.207. The zero-order chi connectivity index (χ0) is 18.7. The van der Waals surface area contributed by atoms with E-state index in [0.717, 1.165) is 0 Å². The molecule has 0 spiro atoms. The van der Waals surface area contributed by atoms with Gasteiger partial charge in [-0.1, -0.05) is 12.1 Å². The third-order valence-corrected chi connectivity index (χ3v) is 3.44. The van der Waals surface area contributed by atoms with Crippen LogP contribution in [0.5, 0.6) is 11.7 Å². The number of nitrogens with zero attached hydrogens (tertiary/aromatic N) is 3. The second-order valence-electron chi connectivity index (χ2n) is 5.06. The van der Waals surface area contributed by atoms with Gasteiger partial charge < -0.3 is 14.3 Å². The van der Waals surface area contributed by atoms with Crippen molar-refractivity contribution in [1.29, 1.82) is 0 Å². The van der Waals surface area contributed by atoms with E-state index in [9.17, 15) is 19.6 Å². The number of halogens is 1. The van der Waals surface area contributed by atoms with E-state index in [1.807, 2.05) is 0 Å². The van der Waals surface area contributed by atoms with Crippen LogP contribution in [0.4, 0.5) is 15.8 Å². The van der Waals surface area contributed by atoms with Gasteiger partial charge in [0.05, 0.1) is 29.9 Å². The van der Waals surface area contributed by atoms with Gasteiger partial charge in [-0.25, -0.2) is 9.37 Å². The number of hydrogen-bond donors (Lipinski definition) is 1. The molecule has 0 aliphatic carbocycles. The molecular formula is C17H12FN3O5. The van der Waals surface area contributed by atoms with Gasteiger partial charge in [-0.05, 0) is 18.2 Å². The molecule has 3 aromatic rings. The molecule has 0 amide bonds. The lowest BCUT2D eigenvalue weighted by Gasteiger charge is -2.03. The fraction of sp³-hybridized carbons (Fsp3) is 0.0588. The van der Waals surface area contributed by atoms with Crippen molar-refractivity contribution in [2.24, 2.45) is 4.99 Å². The number of nitro groups is 1. The first-order valence-corrected chi connectivity index (χ1v) is 7.31. The highest BCUT2D eigenvalue weighted by molar-refractivity contribution is 5.83. The van der Waals surface area contributed by atoms with Crippen molar-refractivity contribution in [1.82, 2.24) is 4.98 Å². The molecule has 1 N–H and O–H groups in total. The molecule has 132 valence electrons. The summed E-state index contributed by atoms with van der Waals surface area (Å²) < 4.78 is 23.9. The molecular weight excluding hydrogens is 345 g/mol. The molecule has 26 heavy (non-hydrogen) atoms. The Kier molecular flexibility index (Phi) is 4.61. The summed E-state index contributed by atoms with van der Waals surface area (Å²) in [5.74, 6) is -1.01. The Morgan fingerprint density at radius 2 is 2.12 bits per heavy atom. The molecule has 2 aromatic carbocycles. The number of aromatic nitrogens is 1. The molecule has 1 aromatic heterocycles. The van der Waals surface area contributed by atoms with Crippen LogP contribution >= 0.6 is 0 Å². The Bertz CT molecular complexity index is 1000. The van der Waals surface area contributed by atoms with Gasteiger partial charge in [-0.15, -0.1) is 0 Å². The van der Waals surface area contributed by atoms with Crippen molar-refractivity contribution in [2.45, 2.75) is 0 Å². The van der Waals surface area contributed by atoms with Crippen molar-refractivity contribution in [2.75, 3.05) is 7.11 Å². The van der Waals surface area contributed by atoms with Crippen LogP contribution < -0.4 is 4.74 Å². The van der Waals surface area contributed by atoms with Crippen molar-refractivity contribution in [3.05, 3.63) is 64.1 Å². The second-order valence-corrected chi connectivity index (χ2v) is 5.06. The predicted octanol–water partition coefficient (Wildman–Crippen LogP) is 3.85. The predicted molar refractivity (Wildman–Crippen MR) is 90.5 cm³/mol. The van der Waals surface area contributed by atoms with Crippen molar-refractivity contribution < 1.29 is 23.6 Å². The van der Waals surface area contributed by atoms with Crippen LogP contribution in [-0.4, -0.2) is 28.3 Å². The standard InChI is InChI=1S/C17H12FN3O5/c1-25-15-8-10(21(23)24)6-7-13(15)19-9-14-17(22)26-16(20-14)11-4-2-3-5-12(11)18/h2-9,22H,1H3. The first-order valence-electron chi connectivity index (χ1n) is 7.31. The molecule has 0 aliphatic rings. The fourth-order valence-electron chi connectivity index (χ4n) is 2.18. The van der Waals surface area contributed by atoms with Crippen LogP contribution in [0.25, 0.3) is 11.5 Å². The van der Waals surface area contributed by atoms with Crippen LogP contribution in [0.15, 0.2) is 51.9 Å². The minimum absolute atomic E-state index is 0.0244. The van der Waals surface area contributed by atoms with Crippen LogP contribution in [0.3, 0.4) is 0 Å². The van der Waals surface area contributed by atoms with E-state index < -0.39 is 16.7 Å². The number of aromatic hydroxyl groups is 1. The Labute approximate surface area is 146 Å². The molecule has 0 aliphatic heterocycles. The highest BCUT2D eigenvalue weighted by atomic mass is 19.1. The number of aliphatic imine (C=N–C) groups is 1. The van der Waals surface area contributed by atoms with E-state index >= 15 is 0 Å². The van der Waals surface area contributed by atoms with E-state index in [-0.39, 0.29) is 34.3 Å². The summed E-state index contributed by atoms with van der Waals surface area (Å²) in [6, 6.07) is 9.71. The maximum atomic E-state index is 13.8.